The summed E-state index contributed by atoms with van der Waals surface area (Å²) in [5, 5.41) is 0. The number of benzene rings is 1. The van der Waals surface area contributed by atoms with E-state index in [0.717, 1.165) is 43.5 Å². The summed E-state index contributed by atoms with van der Waals surface area (Å²) in [7, 11) is 1.79. The number of halogens is 3. The molecule has 0 aliphatic heterocycles. The zero-order valence-electron chi connectivity index (χ0n) is 12.3. The van der Waals surface area contributed by atoms with Crippen LogP contribution in [-0.4, -0.2) is 24.4 Å². The second-order valence-electron chi connectivity index (χ2n) is 5.68. The van der Waals surface area contributed by atoms with Crippen LogP contribution in [0.2, 0.25) is 0 Å². The molecular formula is C16H20F3NO. The van der Waals surface area contributed by atoms with Crippen LogP contribution in [0.15, 0.2) is 24.3 Å². The van der Waals surface area contributed by atoms with E-state index in [4.69, 9.17) is 0 Å². The van der Waals surface area contributed by atoms with Crippen molar-refractivity contribution in [1.82, 2.24) is 4.90 Å². The predicted molar refractivity (Wildman–Crippen MR) is 74.8 cm³/mol. The first-order chi connectivity index (χ1) is 9.84. The molecule has 0 heterocycles. The molecule has 5 heteroatoms. The van der Waals surface area contributed by atoms with Gasteiger partial charge < -0.3 is 4.90 Å². The number of carbonyl (C=O) groups is 1. The largest absolute Gasteiger partial charge is 0.416 e. The normalized spacial score (nSPS) is 21.2. The monoisotopic (exact) mass is 299 g/mol. The summed E-state index contributed by atoms with van der Waals surface area (Å²) in [6, 6.07) is 5.17. The fraction of sp³-hybridized carbons (Fsp3) is 0.562. The molecule has 0 N–H and O–H groups in total. The van der Waals surface area contributed by atoms with Crippen molar-refractivity contribution >= 4 is 5.91 Å². The molecule has 1 aliphatic carbocycles. The Balaban J connectivity index is 1.95. The Kier molecular flexibility index (Phi) is 4.59. The van der Waals surface area contributed by atoms with Gasteiger partial charge in [0, 0.05) is 19.5 Å². The van der Waals surface area contributed by atoms with Gasteiger partial charge in [0.2, 0.25) is 5.91 Å². The van der Waals surface area contributed by atoms with E-state index in [1.807, 2.05) is 0 Å². The number of hydrogen-bond acceptors (Lipinski definition) is 1. The number of rotatable bonds is 5. The number of carbonyl (C=O) groups excluding carboxylic acids is 1. The van der Waals surface area contributed by atoms with E-state index in [1.165, 1.54) is 12.1 Å². The molecule has 2 nitrogen and oxygen atoms in total. The van der Waals surface area contributed by atoms with Gasteiger partial charge in [0.25, 0.3) is 0 Å². The van der Waals surface area contributed by atoms with Gasteiger partial charge in [-0.2, -0.15) is 13.2 Å². The van der Waals surface area contributed by atoms with Crippen molar-refractivity contribution in [3.8, 4) is 0 Å². The third-order valence-electron chi connectivity index (χ3n) is 4.00. The van der Waals surface area contributed by atoms with Gasteiger partial charge in [-0.1, -0.05) is 25.5 Å². The third-order valence-corrected chi connectivity index (χ3v) is 4.00. The summed E-state index contributed by atoms with van der Waals surface area (Å²) < 4.78 is 37.5. The highest BCUT2D eigenvalue weighted by atomic mass is 19.4. The highest BCUT2D eigenvalue weighted by Gasteiger charge is 2.45. The fourth-order valence-corrected chi connectivity index (χ4v) is 2.54. The van der Waals surface area contributed by atoms with Crippen LogP contribution < -0.4 is 0 Å². The number of hydrogen-bond donors (Lipinski definition) is 0. The molecule has 2 atom stereocenters. The zero-order chi connectivity index (χ0) is 15.6. The summed E-state index contributed by atoms with van der Waals surface area (Å²) in [6.07, 6.45) is -1.57. The van der Waals surface area contributed by atoms with E-state index >= 15 is 0 Å². The minimum absolute atomic E-state index is 0.0661. The van der Waals surface area contributed by atoms with Gasteiger partial charge >= 0.3 is 6.18 Å². The van der Waals surface area contributed by atoms with E-state index in [0.29, 0.717) is 0 Å². The minimum Gasteiger partial charge on any atom is -0.346 e. The van der Waals surface area contributed by atoms with Crippen molar-refractivity contribution in [3.63, 3.8) is 0 Å². The van der Waals surface area contributed by atoms with Crippen molar-refractivity contribution < 1.29 is 18.0 Å². The van der Waals surface area contributed by atoms with Crippen LogP contribution in [0.4, 0.5) is 13.2 Å². The molecule has 2 rings (SSSR count). The Bertz CT molecular complexity index is 495. The molecule has 0 radical (unpaired) electrons. The Morgan fingerprint density at radius 2 is 1.90 bits per heavy atom. The SMILES string of the molecule is CCCCN(C)C(=O)C1CC1c1ccc(C(F)(F)F)cc1. The summed E-state index contributed by atoms with van der Waals surface area (Å²) in [4.78, 5) is 13.9. The lowest BCUT2D eigenvalue weighted by Gasteiger charge is -2.16. The van der Waals surface area contributed by atoms with Gasteiger partial charge in [-0.05, 0) is 36.5 Å². The molecule has 1 amide bonds. The van der Waals surface area contributed by atoms with Crippen LogP contribution >= 0.6 is 0 Å². The number of nitrogens with zero attached hydrogens (tertiary/aromatic N) is 1. The van der Waals surface area contributed by atoms with Crippen LogP contribution in [0.3, 0.4) is 0 Å². The summed E-state index contributed by atoms with van der Waals surface area (Å²) >= 11 is 0. The van der Waals surface area contributed by atoms with Gasteiger partial charge in [-0.3, -0.25) is 4.79 Å². The van der Waals surface area contributed by atoms with E-state index < -0.39 is 11.7 Å². The zero-order valence-corrected chi connectivity index (χ0v) is 12.3. The second kappa shape index (κ2) is 6.08. The minimum atomic E-state index is -4.31. The Hall–Kier alpha value is -1.52. The lowest BCUT2D eigenvalue weighted by Crippen LogP contribution is -2.29. The average molecular weight is 299 g/mol. The number of alkyl halides is 3. The average Bonchev–Trinajstić information content (AvgIpc) is 3.23. The molecular weight excluding hydrogens is 279 g/mol. The molecule has 1 saturated carbocycles. The predicted octanol–water partition coefficient (Wildman–Crippen LogP) is 4.07. The molecule has 0 spiro atoms. The highest BCUT2D eigenvalue weighted by molar-refractivity contribution is 5.82. The molecule has 2 unspecified atom stereocenters. The third kappa shape index (κ3) is 3.77. The van der Waals surface area contributed by atoms with Crippen LogP contribution in [-0.2, 0) is 11.0 Å². The lowest BCUT2D eigenvalue weighted by atomic mass is 10.1. The molecule has 0 aromatic heterocycles. The topological polar surface area (TPSA) is 20.3 Å². The molecule has 1 fully saturated rings. The molecule has 1 aliphatic rings. The van der Waals surface area contributed by atoms with Crippen LogP contribution in [0.5, 0.6) is 0 Å². The standard InChI is InChI=1S/C16H20F3NO/c1-3-4-9-20(2)15(21)14-10-13(14)11-5-7-12(8-6-11)16(17,18)19/h5-8,13-14H,3-4,9-10H2,1-2H3. The maximum absolute atomic E-state index is 12.5. The molecule has 21 heavy (non-hydrogen) atoms. The summed E-state index contributed by atoms with van der Waals surface area (Å²) in [5.41, 5.74) is 0.181. The smallest absolute Gasteiger partial charge is 0.346 e. The molecule has 116 valence electrons. The molecule has 1 aromatic rings. The second-order valence-corrected chi connectivity index (χ2v) is 5.68. The van der Waals surface area contributed by atoms with Gasteiger partial charge in [-0.25, -0.2) is 0 Å². The molecule has 0 saturated heterocycles. The summed E-state index contributed by atoms with van der Waals surface area (Å²) in [6.45, 7) is 2.81. The van der Waals surface area contributed by atoms with E-state index in [9.17, 15) is 18.0 Å². The Labute approximate surface area is 122 Å². The van der Waals surface area contributed by atoms with Crippen LogP contribution in [0.25, 0.3) is 0 Å². The first-order valence-electron chi connectivity index (χ1n) is 7.26. The Morgan fingerprint density at radius 3 is 2.43 bits per heavy atom. The van der Waals surface area contributed by atoms with E-state index in [1.54, 1.807) is 11.9 Å². The number of amides is 1. The quantitative estimate of drug-likeness (QED) is 0.802. The molecule has 1 aromatic carbocycles. The lowest BCUT2D eigenvalue weighted by molar-refractivity contribution is -0.137. The van der Waals surface area contributed by atoms with E-state index in [-0.39, 0.29) is 17.7 Å². The maximum atomic E-state index is 12.5. The van der Waals surface area contributed by atoms with E-state index in [2.05, 4.69) is 6.92 Å². The number of unbranched alkanes of at least 4 members (excludes halogenated alkanes) is 1. The summed E-state index contributed by atoms with van der Waals surface area (Å²) in [5.74, 6) is 0.112. The van der Waals surface area contributed by atoms with Crippen molar-refractivity contribution in [2.45, 2.75) is 38.3 Å². The first-order valence-corrected chi connectivity index (χ1v) is 7.26. The maximum Gasteiger partial charge on any atom is 0.416 e. The van der Waals surface area contributed by atoms with Crippen molar-refractivity contribution in [1.29, 1.82) is 0 Å². The van der Waals surface area contributed by atoms with Crippen LogP contribution in [0.1, 0.15) is 43.2 Å². The van der Waals surface area contributed by atoms with Gasteiger partial charge in [0.15, 0.2) is 0 Å². The van der Waals surface area contributed by atoms with Gasteiger partial charge in [-0.15, -0.1) is 0 Å². The van der Waals surface area contributed by atoms with Gasteiger partial charge in [0.1, 0.15) is 0 Å². The highest BCUT2D eigenvalue weighted by Crippen LogP contribution is 2.48. The van der Waals surface area contributed by atoms with Crippen LogP contribution in [0, 0.1) is 5.92 Å². The van der Waals surface area contributed by atoms with Crippen molar-refractivity contribution in [2.24, 2.45) is 5.92 Å². The first kappa shape index (κ1) is 15.9. The van der Waals surface area contributed by atoms with Crippen molar-refractivity contribution in [2.75, 3.05) is 13.6 Å². The molecule has 0 bridgehead atoms. The fourth-order valence-electron chi connectivity index (χ4n) is 2.54. The van der Waals surface area contributed by atoms with Gasteiger partial charge in [0.05, 0.1) is 5.56 Å². The van der Waals surface area contributed by atoms with Crippen molar-refractivity contribution in [3.05, 3.63) is 35.4 Å². The Morgan fingerprint density at radius 1 is 1.29 bits per heavy atom.